The molecule has 104 valence electrons. The zero-order valence-electron chi connectivity index (χ0n) is 11.9. The maximum Gasteiger partial charge on any atom is 0.317 e. The van der Waals surface area contributed by atoms with Crippen molar-refractivity contribution in [1.29, 1.82) is 0 Å². The summed E-state index contributed by atoms with van der Waals surface area (Å²) in [6.45, 7) is 10.8. The molecule has 0 spiro atoms. The SMILES string of the molecule is CC(NC(=O)N1C[C@@H](C)[C@H](C(=O)O)C1)C(C)(C)C. The predicted octanol–water partition coefficient (Wildman–Crippen LogP) is 1.78. The first-order valence-electron chi connectivity index (χ1n) is 6.41. The van der Waals surface area contributed by atoms with E-state index in [-0.39, 0.29) is 23.4 Å². The summed E-state index contributed by atoms with van der Waals surface area (Å²) in [5.41, 5.74) is -0.00675. The van der Waals surface area contributed by atoms with Gasteiger partial charge in [-0.1, -0.05) is 27.7 Å². The molecular weight excluding hydrogens is 232 g/mol. The highest BCUT2D eigenvalue weighted by Crippen LogP contribution is 2.24. The Morgan fingerprint density at radius 1 is 1.33 bits per heavy atom. The average Bonchev–Trinajstić information content (AvgIpc) is 2.58. The maximum atomic E-state index is 12.0. The largest absolute Gasteiger partial charge is 0.481 e. The van der Waals surface area contributed by atoms with Crippen LogP contribution < -0.4 is 5.32 Å². The van der Waals surface area contributed by atoms with Gasteiger partial charge in [-0.05, 0) is 18.3 Å². The van der Waals surface area contributed by atoms with Crippen LogP contribution in [0.3, 0.4) is 0 Å². The molecule has 1 fully saturated rings. The quantitative estimate of drug-likeness (QED) is 0.791. The summed E-state index contributed by atoms with van der Waals surface area (Å²) in [6, 6.07) is -0.114. The number of rotatable bonds is 2. The summed E-state index contributed by atoms with van der Waals surface area (Å²) in [7, 11) is 0. The summed E-state index contributed by atoms with van der Waals surface area (Å²) in [6.07, 6.45) is 0. The topological polar surface area (TPSA) is 69.6 Å². The Balaban J connectivity index is 2.57. The third kappa shape index (κ3) is 3.37. The predicted molar refractivity (Wildman–Crippen MR) is 69.3 cm³/mol. The first kappa shape index (κ1) is 14.8. The molecule has 5 heteroatoms. The highest BCUT2D eigenvalue weighted by molar-refractivity contribution is 5.77. The Morgan fingerprint density at radius 3 is 2.28 bits per heavy atom. The lowest BCUT2D eigenvalue weighted by molar-refractivity contribution is -0.142. The molecule has 0 aromatic rings. The Kier molecular flexibility index (Phi) is 4.24. The van der Waals surface area contributed by atoms with Crippen molar-refractivity contribution in [1.82, 2.24) is 10.2 Å². The van der Waals surface area contributed by atoms with Crippen LogP contribution in [0.1, 0.15) is 34.6 Å². The summed E-state index contributed by atoms with van der Waals surface area (Å²) in [5, 5.41) is 12.0. The summed E-state index contributed by atoms with van der Waals surface area (Å²) in [4.78, 5) is 24.6. The van der Waals surface area contributed by atoms with Crippen molar-refractivity contribution >= 4 is 12.0 Å². The lowest BCUT2D eigenvalue weighted by atomic mass is 9.88. The fourth-order valence-electron chi connectivity index (χ4n) is 1.95. The highest BCUT2D eigenvalue weighted by Gasteiger charge is 2.37. The van der Waals surface area contributed by atoms with E-state index in [1.165, 1.54) is 0 Å². The highest BCUT2D eigenvalue weighted by atomic mass is 16.4. The number of hydrogen-bond acceptors (Lipinski definition) is 2. The van der Waals surface area contributed by atoms with Crippen molar-refractivity contribution in [3.05, 3.63) is 0 Å². The van der Waals surface area contributed by atoms with E-state index >= 15 is 0 Å². The van der Waals surface area contributed by atoms with Gasteiger partial charge >= 0.3 is 12.0 Å². The minimum absolute atomic E-state index is 0.00675. The van der Waals surface area contributed by atoms with Crippen LogP contribution in [0.4, 0.5) is 4.79 Å². The van der Waals surface area contributed by atoms with E-state index in [0.717, 1.165) is 0 Å². The second-order valence-corrected chi connectivity index (χ2v) is 6.36. The van der Waals surface area contributed by atoms with Crippen LogP contribution in [0.2, 0.25) is 0 Å². The van der Waals surface area contributed by atoms with Gasteiger partial charge in [0.15, 0.2) is 0 Å². The molecule has 0 bridgehead atoms. The Labute approximate surface area is 109 Å². The normalized spacial score (nSPS) is 25.9. The van der Waals surface area contributed by atoms with E-state index in [0.29, 0.717) is 13.1 Å². The molecule has 0 saturated carbocycles. The number of amides is 2. The molecule has 1 saturated heterocycles. The zero-order chi connectivity index (χ0) is 14.1. The molecule has 2 amide bonds. The third-order valence-electron chi connectivity index (χ3n) is 3.86. The van der Waals surface area contributed by atoms with E-state index in [1.54, 1.807) is 4.90 Å². The number of carboxylic acid groups (broad SMARTS) is 1. The molecule has 1 heterocycles. The molecule has 0 aromatic carbocycles. The Morgan fingerprint density at radius 2 is 1.89 bits per heavy atom. The van der Waals surface area contributed by atoms with Crippen LogP contribution in [-0.4, -0.2) is 41.1 Å². The van der Waals surface area contributed by atoms with Crippen molar-refractivity contribution in [3.8, 4) is 0 Å². The lowest BCUT2D eigenvalue weighted by Crippen LogP contribution is -2.47. The molecule has 2 N–H and O–H groups in total. The number of aliphatic carboxylic acids is 1. The summed E-state index contributed by atoms with van der Waals surface area (Å²) < 4.78 is 0. The van der Waals surface area contributed by atoms with Crippen LogP contribution in [0.25, 0.3) is 0 Å². The lowest BCUT2D eigenvalue weighted by Gasteiger charge is -2.30. The molecule has 1 rings (SSSR count). The smallest absolute Gasteiger partial charge is 0.317 e. The fraction of sp³-hybridized carbons (Fsp3) is 0.846. The fourth-order valence-corrected chi connectivity index (χ4v) is 1.95. The molecule has 0 aromatic heterocycles. The molecule has 1 aliphatic heterocycles. The monoisotopic (exact) mass is 256 g/mol. The molecule has 18 heavy (non-hydrogen) atoms. The maximum absolute atomic E-state index is 12.0. The van der Waals surface area contributed by atoms with E-state index in [2.05, 4.69) is 26.1 Å². The average molecular weight is 256 g/mol. The molecule has 0 radical (unpaired) electrons. The first-order valence-corrected chi connectivity index (χ1v) is 6.41. The standard InChI is InChI=1S/C13H24N2O3/c1-8-6-15(7-10(8)11(16)17)12(18)14-9(2)13(3,4)5/h8-10H,6-7H2,1-5H3,(H,14,18)(H,16,17)/t8-,9?,10-/m1/s1. The van der Waals surface area contributed by atoms with Gasteiger partial charge in [0, 0.05) is 19.1 Å². The van der Waals surface area contributed by atoms with Gasteiger partial charge in [-0.25, -0.2) is 4.79 Å². The van der Waals surface area contributed by atoms with Crippen LogP contribution >= 0.6 is 0 Å². The third-order valence-corrected chi connectivity index (χ3v) is 3.86. The number of carbonyl (C=O) groups is 2. The second kappa shape index (κ2) is 5.16. The number of carbonyl (C=O) groups excluding carboxylic acids is 1. The Hall–Kier alpha value is -1.26. The molecule has 1 aliphatic rings. The number of nitrogens with zero attached hydrogens (tertiary/aromatic N) is 1. The van der Waals surface area contributed by atoms with Gasteiger partial charge < -0.3 is 15.3 Å². The number of hydrogen-bond donors (Lipinski definition) is 2. The van der Waals surface area contributed by atoms with Gasteiger partial charge in [0.1, 0.15) is 0 Å². The van der Waals surface area contributed by atoms with Crippen molar-refractivity contribution < 1.29 is 14.7 Å². The molecule has 5 nitrogen and oxygen atoms in total. The van der Waals surface area contributed by atoms with Crippen LogP contribution in [0.15, 0.2) is 0 Å². The molecular formula is C13H24N2O3. The van der Waals surface area contributed by atoms with Gasteiger partial charge in [0.25, 0.3) is 0 Å². The van der Waals surface area contributed by atoms with E-state index < -0.39 is 11.9 Å². The summed E-state index contributed by atoms with van der Waals surface area (Å²) in [5.74, 6) is -1.25. The van der Waals surface area contributed by atoms with Crippen molar-refractivity contribution in [3.63, 3.8) is 0 Å². The van der Waals surface area contributed by atoms with E-state index in [4.69, 9.17) is 5.11 Å². The van der Waals surface area contributed by atoms with Crippen molar-refractivity contribution in [2.45, 2.75) is 40.7 Å². The first-order chi connectivity index (χ1) is 8.12. The van der Waals surface area contributed by atoms with Crippen molar-refractivity contribution in [2.75, 3.05) is 13.1 Å². The zero-order valence-corrected chi connectivity index (χ0v) is 11.9. The minimum atomic E-state index is -0.818. The second-order valence-electron chi connectivity index (χ2n) is 6.36. The number of urea groups is 1. The summed E-state index contributed by atoms with van der Waals surface area (Å²) >= 11 is 0. The number of likely N-dealkylation sites (tertiary alicyclic amines) is 1. The van der Waals surface area contributed by atoms with Gasteiger partial charge in [-0.2, -0.15) is 0 Å². The number of carboxylic acids is 1. The van der Waals surface area contributed by atoms with Crippen LogP contribution in [0.5, 0.6) is 0 Å². The van der Waals surface area contributed by atoms with Gasteiger partial charge in [0.05, 0.1) is 5.92 Å². The van der Waals surface area contributed by atoms with Crippen LogP contribution in [0, 0.1) is 17.3 Å². The Bertz CT molecular complexity index is 336. The van der Waals surface area contributed by atoms with Gasteiger partial charge in [-0.15, -0.1) is 0 Å². The number of nitrogens with one attached hydrogen (secondary N) is 1. The minimum Gasteiger partial charge on any atom is -0.481 e. The molecule has 0 aliphatic carbocycles. The van der Waals surface area contributed by atoms with Gasteiger partial charge in [0.2, 0.25) is 0 Å². The van der Waals surface area contributed by atoms with E-state index in [9.17, 15) is 9.59 Å². The molecule has 1 unspecified atom stereocenters. The van der Waals surface area contributed by atoms with Crippen molar-refractivity contribution in [2.24, 2.45) is 17.3 Å². The molecule has 3 atom stereocenters. The van der Waals surface area contributed by atoms with Gasteiger partial charge in [-0.3, -0.25) is 4.79 Å². The van der Waals surface area contributed by atoms with E-state index in [1.807, 2.05) is 13.8 Å². The van der Waals surface area contributed by atoms with Crippen LogP contribution in [-0.2, 0) is 4.79 Å².